The van der Waals surface area contributed by atoms with Gasteiger partial charge < -0.3 is 0 Å². The lowest BCUT2D eigenvalue weighted by atomic mass is 9.87. The lowest BCUT2D eigenvalue weighted by Crippen LogP contribution is -1.99. The molecule has 0 nitrogen and oxygen atoms in total. The van der Waals surface area contributed by atoms with Crippen LogP contribution in [0.5, 0.6) is 0 Å². The average molecular weight is 285 g/mol. The summed E-state index contributed by atoms with van der Waals surface area (Å²) in [5.74, 6) is 0.629. The van der Waals surface area contributed by atoms with Gasteiger partial charge in [0.15, 0.2) is 0 Å². The summed E-state index contributed by atoms with van der Waals surface area (Å²) in [6.07, 6.45) is 9.88. The van der Waals surface area contributed by atoms with Crippen LogP contribution in [0.15, 0.2) is 71.9 Å². The highest BCUT2D eigenvalue weighted by atomic mass is 35.5. The van der Waals surface area contributed by atoms with Crippen molar-refractivity contribution in [1.82, 2.24) is 0 Å². The summed E-state index contributed by atoms with van der Waals surface area (Å²) in [4.78, 5) is 0. The maximum absolute atomic E-state index is 6.04. The van der Waals surface area contributed by atoms with E-state index in [0.717, 1.165) is 24.8 Å². The van der Waals surface area contributed by atoms with Crippen LogP contribution in [0.3, 0.4) is 0 Å². The summed E-state index contributed by atoms with van der Waals surface area (Å²) in [6.45, 7) is 6.25. The molecule has 0 bridgehead atoms. The normalized spacial score (nSPS) is 15.6. The Balaban J connectivity index is 2.57. The van der Waals surface area contributed by atoms with Crippen LogP contribution in [-0.2, 0) is 0 Å². The standard InChI is InChI=1S/C19H21Cl/c1-15(2)19(17-11-7-4-8-12-17)18(13-14-20)16-9-5-3-6-10-16/h4-5,7-12H,1,3,6,13-14H2,2H3/b19-18+. The fourth-order valence-corrected chi connectivity index (χ4v) is 2.82. The topological polar surface area (TPSA) is 0 Å². The first kappa shape index (κ1) is 14.9. The van der Waals surface area contributed by atoms with Gasteiger partial charge in [0.25, 0.3) is 0 Å². The summed E-state index contributed by atoms with van der Waals surface area (Å²) in [6, 6.07) is 10.5. The van der Waals surface area contributed by atoms with Crippen molar-refractivity contribution in [3.8, 4) is 0 Å². The predicted octanol–water partition coefficient (Wildman–Crippen LogP) is 5.92. The van der Waals surface area contributed by atoms with Crippen LogP contribution >= 0.6 is 11.6 Å². The number of hydrogen-bond donors (Lipinski definition) is 0. The molecule has 1 aliphatic carbocycles. The van der Waals surface area contributed by atoms with Crippen molar-refractivity contribution in [3.63, 3.8) is 0 Å². The lowest BCUT2D eigenvalue weighted by molar-refractivity contribution is 1.00. The number of halogens is 1. The molecule has 0 unspecified atom stereocenters. The Morgan fingerprint density at radius 1 is 1.20 bits per heavy atom. The molecule has 0 aromatic heterocycles. The maximum atomic E-state index is 6.04. The van der Waals surface area contributed by atoms with Gasteiger partial charge in [-0.15, -0.1) is 11.6 Å². The fraction of sp³-hybridized carbons (Fsp3) is 0.263. The monoisotopic (exact) mass is 284 g/mol. The molecule has 1 heteroatoms. The Bertz CT molecular complexity index is 559. The largest absolute Gasteiger partial charge is 0.126 e. The zero-order valence-corrected chi connectivity index (χ0v) is 12.8. The molecular weight excluding hydrogens is 264 g/mol. The number of hydrogen-bond acceptors (Lipinski definition) is 0. The van der Waals surface area contributed by atoms with Crippen molar-refractivity contribution < 1.29 is 0 Å². The van der Waals surface area contributed by atoms with Crippen LogP contribution in [0.1, 0.15) is 31.7 Å². The quantitative estimate of drug-likeness (QED) is 0.465. The Kier molecular flexibility index (Phi) is 5.43. The summed E-state index contributed by atoms with van der Waals surface area (Å²) in [7, 11) is 0. The van der Waals surface area contributed by atoms with Gasteiger partial charge in [0, 0.05) is 5.88 Å². The van der Waals surface area contributed by atoms with Gasteiger partial charge in [-0.1, -0.05) is 60.7 Å². The molecule has 0 N–H and O–H groups in total. The summed E-state index contributed by atoms with van der Waals surface area (Å²) in [5, 5.41) is 0. The Hall–Kier alpha value is -1.53. The second kappa shape index (κ2) is 7.31. The number of benzene rings is 1. The summed E-state index contributed by atoms with van der Waals surface area (Å²) in [5.41, 5.74) is 6.17. The molecule has 0 radical (unpaired) electrons. The van der Waals surface area contributed by atoms with Gasteiger partial charge in [0.1, 0.15) is 0 Å². The predicted molar refractivity (Wildman–Crippen MR) is 90.0 cm³/mol. The number of allylic oxidation sites excluding steroid dienone is 7. The molecule has 0 atom stereocenters. The number of alkyl halides is 1. The van der Waals surface area contributed by atoms with Crippen LogP contribution in [0.25, 0.3) is 5.57 Å². The van der Waals surface area contributed by atoms with Crippen molar-refractivity contribution >= 4 is 17.2 Å². The van der Waals surface area contributed by atoms with E-state index in [9.17, 15) is 0 Å². The fourth-order valence-electron chi connectivity index (χ4n) is 2.63. The first-order chi connectivity index (χ1) is 9.74. The van der Waals surface area contributed by atoms with Crippen LogP contribution in [-0.4, -0.2) is 5.88 Å². The van der Waals surface area contributed by atoms with Crippen molar-refractivity contribution in [2.24, 2.45) is 0 Å². The Morgan fingerprint density at radius 3 is 2.50 bits per heavy atom. The van der Waals surface area contributed by atoms with E-state index in [1.807, 2.05) is 6.07 Å². The lowest BCUT2D eigenvalue weighted by Gasteiger charge is -2.18. The third kappa shape index (κ3) is 3.52. The van der Waals surface area contributed by atoms with E-state index in [2.05, 4.69) is 56.0 Å². The first-order valence-electron chi connectivity index (χ1n) is 7.11. The molecule has 0 fully saturated rings. The minimum atomic E-state index is 0.629. The zero-order valence-electron chi connectivity index (χ0n) is 12.0. The second-order valence-corrected chi connectivity index (χ2v) is 5.46. The minimum absolute atomic E-state index is 0.629. The molecule has 0 aliphatic heterocycles. The maximum Gasteiger partial charge on any atom is 0.0264 e. The molecule has 104 valence electrons. The van der Waals surface area contributed by atoms with E-state index in [4.69, 9.17) is 11.6 Å². The van der Waals surface area contributed by atoms with Gasteiger partial charge in [0.2, 0.25) is 0 Å². The highest BCUT2D eigenvalue weighted by Crippen LogP contribution is 2.33. The molecule has 0 heterocycles. The third-order valence-electron chi connectivity index (χ3n) is 3.48. The molecule has 20 heavy (non-hydrogen) atoms. The second-order valence-electron chi connectivity index (χ2n) is 5.08. The Labute approximate surface area is 127 Å². The highest BCUT2D eigenvalue weighted by molar-refractivity contribution is 6.18. The Morgan fingerprint density at radius 2 is 1.95 bits per heavy atom. The molecule has 1 aromatic rings. The van der Waals surface area contributed by atoms with Crippen molar-refractivity contribution in [2.45, 2.75) is 26.2 Å². The van der Waals surface area contributed by atoms with Gasteiger partial charge >= 0.3 is 0 Å². The minimum Gasteiger partial charge on any atom is -0.126 e. The van der Waals surface area contributed by atoms with Crippen LogP contribution in [0.4, 0.5) is 0 Å². The third-order valence-corrected chi connectivity index (χ3v) is 3.67. The van der Waals surface area contributed by atoms with Crippen molar-refractivity contribution in [1.29, 1.82) is 0 Å². The van der Waals surface area contributed by atoms with Gasteiger partial charge in [0.05, 0.1) is 0 Å². The van der Waals surface area contributed by atoms with E-state index in [-0.39, 0.29) is 0 Å². The molecule has 0 spiro atoms. The van der Waals surface area contributed by atoms with E-state index in [1.165, 1.54) is 22.3 Å². The molecule has 0 saturated carbocycles. The number of rotatable bonds is 5. The average Bonchev–Trinajstić information content (AvgIpc) is 2.48. The van der Waals surface area contributed by atoms with E-state index in [0.29, 0.717) is 5.88 Å². The molecule has 1 aliphatic rings. The van der Waals surface area contributed by atoms with Gasteiger partial charge in [-0.25, -0.2) is 0 Å². The van der Waals surface area contributed by atoms with Crippen LogP contribution in [0, 0.1) is 0 Å². The van der Waals surface area contributed by atoms with Gasteiger partial charge in [-0.2, -0.15) is 0 Å². The molecular formula is C19H21Cl. The van der Waals surface area contributed by atoms with Gasteiger partial charge in [-0.3, -0.25) is 0 Å². The molecule has 1 aromatic carbocycles. The molecule has 0 amide bonds. The summed E-state index contributed by atoms with van der Waals surface area (Å²) >= 11 is 6.04. The van der Waals surface area contributed by atoms with E-state index in [1.54, 1.807) is 0 Å². The first-order valence-corrected chi connectivity index (χ1v) is 7.65. The van der Waals surface area contributed by atoms with Crippen LogP contribution < -0.4 is 0 Å². The highest BCUT2D eigenvalue weighted by Gasteiger charge is 2.13. The summed E-state index contributed by atoms with van der Waals surface area (Å²) < 4.78 is 0. The SMILES string of the molecule is C=C(C)/C(=C(/CCCl)C1=CCCC=C1)c1ccccc1. The smallest absolute Gasteiger partial charge is 0.0264 e. The zero-order chi connectivity index (χ0) is 14.4. The van der Waals surface area contributed by atoms with Crippen LogP contribution in [0.2, 0.25) is 0 Å². The molecule has 0 saturated heterocycles. The van der Waals surface area contributed by atoms with Crippen molar-refractivity contribution in [2.75, 3.05) is 5.88 Å². The van der Waals surface area contributed by atoms with E-state index < -0.39 is 0 Å². The molecule has 2 rings (SSSR count). The van der Waals surface area contributed by atoms with Gasteiger partial charge in [-0.05, 0) is 48.5 Å². The van der Waals surface area contributed by atoms with Crippen molar-refractivity contribution in [3.05, 3.63) is 77.4 Å². The van der Waals surface area contributed by atoms with E-state index >= 15 is 0 Å².